The molecule has 3 rings (SSSR count). The molecule has 0 saturated heterocycles. The van der Waals surface area contributed by atoms with Crippen molar-refractivity contribution in [3.63, 3.8) is 0 Å². The summed E-state index contributed by atoms with van der Waals surface area (Å²) in [6.45, 7) is 4.01. The van der Waals surface area contributed by atoms with E-state index in [0.29, 0.717) is 21.3 Å². The lowest BCUT2D eigenvalue weighted by Crippen LogP contribution is -2.12. The van der Waals surface area contributed by atoms with E-state index < -0.39 is 0 Å². The largest absolute Gasteiger partial charge is 0.319 e. The molecule has 0 aliphatic carbocycles. The summed E-state index contributed by atoms with van der Waals surface area (Å²) in [4.78, 5) is 19.6. The fourth-order valence-corrected chi connectivity index (χ4v) is 2.71. The molecule has 1 heterocycles. The Morgan fingerprint density at radius 1 is 1.05 bits per heavy atom. The second kappa shape index (κ2) is 5.17. The fraction of sp³-hybridized carbons (Fsp3) is 0.125. The lowest BCUT2D eigenvalue weighted by atomic mass is 10.1. The van der Waals surface area contributed by atoms with Crippen molar-refractivity contribution < 1.29 is 0 Å². The van der Waals surface area contributed by atoms with Crippen LogP contribution in [0.3, 0.4) is 0 Å². The number of fused-ring (bicyclic) bond motifs is 1. The van der Waals surface area contributed by atoms with Crippen LogP contribution in [0.5, 0.6) is 0 Å². The first-order valence-corrected chi connectivity index (χ1v) is 7.18. The molecule has 0 amide bonds. The van der Waals surface area contributed by atoms with Gasteiger partial charge in [-0.2, -0.15) is 0 Å². The predicted molar refractivity (Wildman–Crippen MR) is 87.3 cm³/mol. The second-order valence-electron chi connectivity index (χ2n) is 4.99. The van der Waals surface area contributed by atoms with Gasteiger partial charge < -0.3 is 4.98 Å². The average molecular weight is 319 g/mol. The number of aromatic nitrogens is 2. The molecular weight excluding hydrogens is 307 g/mol. The van der Waals surface area contributed by atoms with E-state index in [-0.39, 0.29) is 5.56 Å². The Hall–Kier alpha value is -1.84. The van der Waals surface area contributed by atoms with Crippen LogP contribution in [0.15, 0.2) is 35.1 Å². The number of H-pyrrole nitrogens is 1. The smallest absolute Gasteiger partial charge is 0.275 e. The van der Waals surface area contributed by atoms with E-state index in [1.807, 2.05) is 26.0 Å². The minimum Gasteiger partial charge on any atom is -0.319 e. The molecule has 1 N–H and O–H groups in total. The summed E-state index contributed by atoms with van der Waals surface area (Å²) in [6, 6.07) is 8.87. The Balaban J connectivity index is 2.30. The average Bonchev–Trinajstić information content (AvgIpc) is 2.41. The molecule has 0 aliphatic heterocycles. The zero-order chi connectivity index (χ0) is 15.1. The highest BCUT2D eigenvalue weighted by molar-refractivity contribution is 6.36. The monoisotopic (exact) mass is 318 g/mol. The van der Waals surface area contributed by atoms with E-state index in [2.05, 4.69) is 9.97 Å². The standard InChI is InChI=1S/C16H12Cl2N2O/c1-8-5-13-14(6-9(8)2)20-16(21)15(19-13)11-4-3-10(17)7-12(11)18/h3-7H,1-2H3,(H,20,21). The molecule has 106 valence electrons. The summed E-state index contributed by atoms with van der Waals surface area (Å²) in [6.07, 6.45) is 0. The van der Waals surface area contributed by atoms with E-state index >= 15 is 0 Å². The van der Waals surface area contributed by atoms with E-state index in [1.165, 1.54) is 0 Å². The Bertz CT molecular complexity index is 916. The molecule has 0 fully saturated rings. The molecule has 0 bridgehead atoms. The van der Waals surface area contributed by atoms with Gasteiger partial charge in [0.1, 0.15) is 5.69 Å². The molecule has 0 unspecified atom stereocenters. The van der Waals surface area contributed by atoms with E-state index in [0.717, 1.165) is 22.2 Å². The van der Waals surface area contributed by atoms with Gasteiger partial charge in [-0.15, -0.1) is 0 Å². The topological polar surface area (TPSA) is 45.8 Å². The van der Waals surface area contributed by atoms with Gasteiger partial charge in [0, 0.05) is 10.6 Å². The lowest BCUT2D eigenvalue weighted by Gasteiger charge is -2.07. The van der Waals surface area contributed by atoms with Crippen LogP contribution in [0, 0.1) is 13.8 Å². The lowest BCUT2D eigenvalue weighted by molar-refractivity contribution is 1.21. The Kier molecular flexibility index (Phi) is 3.47. The summed E-state index contributed by atoms with van der Waals surface area (Å²) in [5.74, 6) is 0. The van der Waals surface area contributed by atoms with Crippen molar-refractivity contribution in [3.05, 3.63) is 61.9 Å². The molecule has 1 aromatic heterocycles. The summed E-state index contributed by atoms with van der Waals surface area (Å²) in [7, 11) is 0. The van der Waals surface area contributed by atoms with Crippen LogP contribution in [-0.4, -0.2) is 9.97 Å². The number of aromatic amines is 1. The Labute approximate surface area is 131 Å². The molecule has 5 heteroatoms. The quantitative estimate of drug-likeness (QED) is 0.717. The third kappa shape index (κ3) is 2.55. The minimum atomic E-state index is -0.269. The van der Waals surface area contributed by atoms with Gasteiger partial charge in [-0.05, 0) is 55.3 Å². The van der Waals surface area contributed by atoms with Crippen LogP contribution >= 0.6 is 23.2 Å². The number of nitrogens with one attached hydrogen (secondary N) is 1. The van der Waals surface area contributed by atoms with E-state index in [4.69, 9.17) is 23.2 Å². The number of benzene rings is 2. The van der Waals surface area contributed by atoms with Gasteiger partial charge in [-0.3, -0.25) is 4.79 Å². The van der Waals surface area contributed by atoms with E-state index in [1.54, 1.807) is 18.2 Å². The normalized spacial score (nSPS) is 11.0. The summed E-state index contributed by atoms with van der Waals surface area (Å²) >= 11 is 12.1. The van der Waals surface area contributed by atoms with Crippen LogP contribution < -0.4 is 5.56 Å². The van der Waals surface area contributed by atoms with Crippen molar-refractivity contribution in [1.29, 1.82) is 0 Å². The number of aryl methyl sites for hydroxylation is 2. The molecule has 0 atom stereocenters. The molecule has 3 nitrogen and oxygen atoms in total. The van der Waals surface area contributed by atoms with Crippen molar-refractivity contribution in [2.75, 3.05) is 0 Å². The van der Waals surface area contributed by atoms with Crippen LogP contribution in [0.4, 0.5) is 0 Å². The van der Waals surface area contributed by atoms with Gasteiger partial charge in [0.25, 0.3) is 5.56 Å². The fourth-order valence-electron chi connectivity index (χ4n) is 2.21. The second-order valence-corrected chi connectivity index (χ2v) is 5.84. The highest BCUT2D eigenvalue weighted by Gasteiger charge is 2.12. The van der Waals surface area contributed by atoms with Crippen molar-refractivity contribution in [3.8, 4) is 11.3 Å². The molecule has 0 aliphatic rings. The summed E-state index contributed by atoms with van der Waals surface area (Å²) in [5.41, 5.74) is 4.29. The van der Waals surface area contributed by atoms with Gasteiger partial charge in [0.2, 0.25) is 0 Å². The van der Waals surface area contributed by atoms with Gasteiger partial charge in [-0.1, -0.05) is 23.2 Å². The maximum Gasteiger partial charge on any atom is 0.275 e. The third-order valence-corrected chi connectivity index (χ3v) is 4.04. The number of rotatable bonds is 1. The number of halogens is 2. The molecule has 21 heavy (non-hydrogen) atoms. The van der Waals surface area contributed by atoms with Crippen molar-refractivity contribution >= 4 is 34.2 Å². The zero-order valence-corrected chi connectivity index (χ0v) is 13.0. The summed E-state index contributed by atoms with van der Waals surface area (Å²) < 4.78 is 0. The molecule has 0 saturated carbocycles. The van der Waals surface area contributed by atoms with Crippen LogP contribution in [0.1, 0.15) is 11.1 Å². The predicted octanol–water partition coefficient (Wildman–Crippen LogP) is 4.51. The summed E-state index contributed by atoms with van der Waals surface area (Å²) in [5, 5.41) is 0.927. The number of nitrogens with zero attached hydrogens (tertiary/aromatic N) is 1. The first kappa shape index (κ1) is 14.1. The van der Waals surface area contributed by atoms with Gasteiger partial charge in [0.05, 0.1) is 16.1 Å². The van der Waals surface area contributed by atoms with E-state index in [9.17, 15) is 4.79 Å². The van der Waals surface area contributed by atoms with Crippen molar-refractivity contribution in [1.82, 2.24) is 9.97 Å². The van der Waals surface area contributed by atoms with Crippen LogP contribution in [0.2, 0.25) is 10.0 Å². The zero-order valence-electron chi connectivity index (χ0n) is 11.5. The maximum absolute atomic E-state index is 12.3. The Morgan fingerprint density at radius 3 is 2.48 bits per heavy atom. The van der Waals surface area contributed by atoms with Crippen molar-refractivity contribution in [2.24, 2.45) is 0 Å². The van der Waals surface area contributed by atoms with Gasteiger partial charge >= 0.3 is 0 Å². The molecular formula is C16H12Cl2N2O. The first-order chi connectivity index (χ1) is 9.95. The molecule has 0 radical (unpaired) electrons. The SMILES string of the molecule is Cc1cc2nc(-c3ccc(Cl)cc3Cl)c(=O)[nH]c2cc1C. The van der Waals surface area contributed by atoms with Crippen LogP contribution in [-0.2, 0) is 0 Å². The van der Waals surface area contributed by atoms with Crippen molar-refractivity contribution in [2.45, 2.75) is 13.8 Å². The molecule has 0 spiro atoms. The first-order valence-electron chi connectivity index (χ1n) is 6.42. The highest BCUT2D eigenvalue weighted by Crippen LogP contribution is 2.28. The molecule has 3 aromatic rings. The van der Waals surface area contributed by atoms with Crippen LogP contribution in [0.25, 0.3) is 22.3 Å². The van der Waals surface area contributed by atoms with Gasteiger partial charge in [0.15, 0.2) is 0 Å². The van der Waals surface area contributed by atoms with Gasteiger partial charge in [-0.25, -0.2) is 4.98 Å². The number of hydrogen-bond acceptors (Lipinski definition) is 2. The Morgan fingerprint density at radius 2 is 1.76 bits per heavy atom. The highest BCUT2D eigenvalue weighted by atomic mass is 35.5. The molecule has 2 aromatic carbocycles. The maximum atomic E-state index is 12.3. The minimum absolute atomic E-state index is 0.269. The third-order valence-electron chi connectivity index (χ3n) is 3.49. The number of hydrogen-bond donors (Lipinski definition) is 1.